The summed E-state index contributed by atoms with van der Waals surface area (Å²) in [4.78, 5) is 54.5. The van der Waals surface area contributed by atoms with E-state index in [1.165, 1.54) is 6.92 Å². The van der Waals surface area contributed by atoms with Crippen molar-refractivity contribution in [1.29, 1.82) is 0 Å². The van der Waals surface area contributed by atoms with Crippen molar-refractivity contribution in [3.63, 3.8) is 0 Å². The fourth-order valence-corrected chi connectivity index (χ4v) is 5.95. The molecule has 0 saturated heterocycles. The number of carbonyl (C=O) groups excluding carboxylic acids is 2. The Morgan fingerprint density at radius 1 is 0.977 bits per heavy atom. The number of aromatic nitrogens is 1. The third-order valence-electron chi connectivity index (χ3n) is 6.45. The molecule has 0 aliphatic carbocycles. The number of rotatable bonds is 12. The van der Waals surface area contributed by atoms with Gasteiger partial charge < -0.3 is 26.2 Å². The van der Waals surface area contributed by atoms with Gasteiger partial charge in [0.15, 0.2) is 5.13 Å². The van der Waals surface area contributed by atoms with Crippen molar-refractivity contribution in [2.45, 2.75) is 72.6 Å². The van der Waals surface area contributed by atoms with Crippen LogP contribution in [-0.4, -0.2) is 82.4 Å². The molecule has 0 radical (unpaired) electrons. The highest BCUT2D eigenvalue weighted by Crippen LogP contribution is 2.39. The van der Waals surface area contributed by atoms with E-state index in [0.717, 1.165) is 28.1 Å². The molecule has 0 spiro atoms. The van der Waals surface area contributed by atoms with Crippen LogP contribution in [0.25, 0.3) is 0 Å². The standard InChI is InChI=1S/C28H42N6O8S2/c1-17(35)30-23-31-20(21(43-23)22(36)29-15-16-44(8,41)42)14-11-18-9-12-19(13-10-18)32-28(26(2,3)4,33-24(37)38)34(25(39)40)27(5,6)7/h9-10,12-13,32-33H,11,14-16H2,1-8H3,(H,29,36)(H,37,38)(H,39,40)(H,30,31,35). The second kappa shape index (κ2) is 13.8. The first-order valence-electron chi connectivity index (χ1n) is 13.7. The van der Waals surface area contributed by atoms with Crippen LogP contribution in [0.4, 0.5) is 20.4 Å². The Morgan fingerprint density at radius 2 is 1.57 bits per heavy atom. The number of nitrogens with zero attached hydrogens (tertiary/aromatic N) is 2. The van der Waals surface area contributed by atoms with Gasteiger partial charge in [-0.3, -0.25) is 19.8 Å². The summed E-state index contributed by atoms with van der Waals surface area (Å²) in [6, 6.07) is 6.96. The molecule has 14 nitrogen and oxygen atoms in total. The largest absolute Gasteiger partial charge is 0.465 e. The third kappa shape index (κ3) is 9.80. The minimum absolute atomic E-state index is 0.0692. The molecule has 16 heteroatoms. The van der Waals surface area contributed by atoms with Crippen molar-refractivity contribution in [2.75, 3.05) is 29.2 Å². The van der Waals surface area contributed by atoms with Crippen LogP contribution in [0.3, 0.4) is 0 Å². The molecule has 1 aromatic heterocycles. The molecule has 244 valence electrons. The fraction of sp³-hybridized carbons (Fsp3) is 0.536. The third-order valence-corrected chi connectivity index (χ3v) is 8.40. The number of carbonyl (C=O) groups is 4. The van der Waals surface area contributed by atoms with Crippen molar-refractivity contribution in [1.82, 2.24) is 20.5 Å². The van der Waals surface area contributed by atoms with Gasteiger partial charge >= 0.3 is 12.2 Å². The van der Waals surface area contributed by atoms with Gasteiger partial charge in [0.2, 0.25) is 11.7 Å². The molecule has 1 unspecified atom stereocenters. The minimum atomic E-state index is -3.27. The number of anilines is 2. The number of nitrogens with one attached hydrogen (secondary N) is 4. The van der Waals surface area contributed by atoms with Crippen LogP contribution < -0.4 is 21.3 Å². The van der Waals surface area contributed by atoms with Gasteiger partial charge in [-0.1, -0.05) is 44.2 Å². The number of aryl methyl sites for hydroxylation is 2. The van der Waals surface area contributed by atoms with Crippen molar-refractivity contribution >= 4 is 56.0 Å². The zero-order valence-corrected chi connectivity index (χ0v) is 27.8. The van der Waals surface area contributed by atoms with E-state index >= 15 is 0 Å². The molecular weight excluding hydrogens is 612 g/mol. The van der Waals surface area contributed by atoms with Gasteiger partial charge in [0.25, 0.3) is 5.91 Å². The summed E-state index contributed by atoms with van der Waals surface area (Å²) in [5, 5.41) is 30.9. The van der Waals surface area contributed by atoms with Gasteiger partial charge in [-0.05, 0) is 51.3 Å². The molecule has 1 atom stereocenters. The van der Waals surface area contributed by atoms with E-state index in [2.05, 4.69) is 26.3 Å². The van der Waals surface area contributed by atoms with E-state index in [4.69, 9.17) is 0 Å². The lowest BCUT2D eigenvalue weighted by atomic mass is 9.82. The number of thiazole rings is 1. The van der Waals surface area contributed by atoms with Crippen molar-refractivity contribution < 1.29 is 37.8 Å². The Kier molecular flexibility index (Phi) is 11.4. The summed E-state index contributed by atoms with van der Waals surface area (Å²) >= 11 is 0.990. The van der Waals surface area contributed by atoms with Crippen LogP contribution in [0.1, 0.15) is 69.4 Å². The molecule has 1 heterocycles. The van der Waals surface area contributed by atoms with Crippen LogP contribution >= 0.6 is 11.3 Å². The lowest BCUT2D eigenvalue weighted by molar-refractivity contribution is -0.114. The Hall–Kier alpha value is -3.92. The Bertz CT molecular complexity index is 1480. The average Bonchev–Trinajstić information content (AvgIpc) is 3.22. The molecule has 2 aromatic rings. The molecule has 0 aliphatic heterocycles. The van der Waals surface area contributed by atoms with Crippen LogP contribution in [-0.2, 0) is 27.5 Å². The van der Waals surface area contributed by atoms with Gasteiger partial charge in [0, 0.05) is 36.4 Å². The second-order valence-corrected chi connectivity index (χ2v) is 15.6. The van der Waals surface area contributed by atoms with E-state index in [1.54, 1.807) is 65.8 Å². The molecule has 6 N–H and O–H groups in total. The van der Waals surface area contributed by atoms with E-state index in [9.17, 15) is 37.8 Å². The zero-order chi connectivity index (χ0) is 33.7. The normalized spacial score (nSPS) is 13.4. The van der Waals surface area contributed by atoms with Gasteiger partial charge in [0.1, 0.15) is 14.7 Å². The van der Waals surface area contributed by atoms with Crippen LogP contribution in [0.5, 0.6) is 0 Å². The molecule has 2 rings (SSSR count). The molecular formula is C28H42N6O8S2. The topological polar surface area (TPSA) is 207 Å². The van der Waals surface area contributed by atoms with E-state index < -0.39 is 44.7 Å². The van der Waals surface area contributed by atoms with Gasteiger partial charge in [-0.2, -0.15) is 0 Å². The molecule has 44 heavy (non-hydrogen) atoms. The summed E-state index contributed by atoms with van der Waals surface area (Å²) < 4.78 is 22.9. The Balaban J connectivity index is 2.35. The number of sulfone groups is 1. The Morgan fingerprint density at radius 3 is 2.02 bits per heavy atom. The predicted molar refractivity (Wildman–Crippen MR) is 169 cm³/mol. The van der Waals surface area contributed by atoms with Gasteiger partial charge in [-0.15, -0.1) is 0 Å². The molecule has 0 saturated carbocycles. The number of amides is 4. The Labute approximate surface area is 261 Å². The maximum Gasteiger partial charge on any atom is 0.411 e. The summed E-state index contributed by atoms with van der Waals surface area (Å²) in [5.41, 5.74) is -0.221. The first-order chi connectivity index (χ1) is 20.1. The highest BCUT2D eigenvalue weighted by atomic mass is 32.2. The number of hydrogen-bond donors (Lipinski definition) is 6. The first kappa shape index (κ1) is 36.3. The number of benzene rings is 1. The summed E-state index contributed by atoms with van der Waals surface area (Å²) in [6.45, 7) is 11.4. The number of hydrogen-bond acceptors (Lipinski definition) is 9. The van der Waals surface area contributed by atoms with Gasteiger partial charge in [0.05, 0.1) is 11.4 Å². The van der Waals surface area contributed by atoms with E-state index in [-0.39, 0.29) is 28.2 Å². The second-order valence-electron chi connectivity index (χ2n) is 12.4. The quantitative estimate of drug-likeness (QED) is 0.182. The smallest absolute Gasteiger partial charge is 0.411 e. The fourth-order valence-electron chi connectivity index (χ4n) is 4.50. The van der Waals surface area contributed by atoms with Crippen molar-refractivity contribution in [2.24, 2.45) is 5.41 Å². The average molecular weight is 655 g/mol. The highest BCUT2D eigenvalue weighted by Gasteiger charge is 2.54. The molecule has 0 fully saturated rings. The molecule has 1 aromatic carbocycles. The monoisotopic (exact) mass is 654 g/mol. The molecule has 0 aliphatic rings. The molecule has 4 amide bonds. The van der Waals surface area contributed by atoms with Crippen LogP contribution in [0.2, 0.25) is 0 Å². The van der Waals surface area contributed by atoms with E-state index in [0.29, 0.717) is 24.2 Å². The minimum Gasteiger partial charge on any atom is -0.465 e. The van der Waals surface area contributed by atoms with Crippen LogP contribution in [0, 0.1) is 5.41 Å². The van der Waals surface area contributed by atoms with Crippen molar-refractivity contribution in [3.05, 3.63) is 40.4 Å². The molecule has 0 bridgehead atoms. The SMILES string of the molecule is CC(=O)Nc1nc(CCc2ccc(NC(NC(=O)O)(N(C(=O)O)C(C)(C)C)C(C)(C)C)cc2)c(C(=O)NCCS(C)(=O)=O)s1. The summed E-state index contributed by atoms with van der Waals surface area (Å²) in [6.07, 6.45) is -0.887. The lowest BCUT2D eigenvalue weighted by Gasteiger charge is -2.55. The van der Waals surface area contributed by atoms with Crippen LogP contribution in [0.15, 0.2) is 24.3 Å². The van der Waals surface area contributed by atoms with Gasteiger partial charge in [-0.25, -0.2) is 23.0 Å². The zero-order valence-electron chi connectivity index (χ0n) is 26.2. The first-order valence-corrected chi connectivity index (χ1v) is 16.6. The maximum atomic E-state index is 12.8. The number of carboxylic acid groups (broad SMARTS) is 2. The van der Waals surface area contributed by atoms with E-state index in [1.807, 2.05) is 0 Å². The maximum absolute atomic E-state index is 12.8. The highest BCUT2D eigenvalue weighted by molar-refractivity contribution is 7.90. The summed E-state index contributed by atoms with van der Waals surface area (Å²) in [7, 11) is -3.27. The summed E-state index contributed by atoms with van der Waals surface area (Å²) in [5.74, 6) is -2.83. The lowest BCUT2D eigenvalue weighted by Crippen LogP contribution is -2.76. The predicted octanol–water partition coefficient (Wildman–Crippen LogP) is 3.82. The van der Waals surface area contributed by atoms with Crippen molar-refractivity contribution in [3.8, 4) is 0 Å².